The first-order valence-electron chi connectivity index (χ1n) is 7.91. The van der Waals surface area contributed by atoms with Crippen LogP contribution in [0.5, 0.6) is 11.5 Å². The molecule has 0 bridgehead atoms. The zero-order valence-corrected chi connectivity index (χ0v) is 13.8. The number of hydrogen-bond acceptors (Lipinski definition) is 6. The molecule has 0 saturated heterocycles. The highest BCUT2D eigenvalue weighted by Gasteiger charge is 2.51. The van der Waals surface area contributed by atoms with Gasteiger partial charge in [0.05, 0.1) is 18.6 Å². The van der Waals surface area contributed by atoms with E-state index >= 15 is 0 Å². The van der Waals surface area contributed by atoms with E-state index in [1.807, 2.05) is 0 Å². The summed E-state index contributed by atoms with van der Waals surface area (Å²) in [4.78, 5) is 24.9. The average molecular weight is 346 g/mol. The van der Waals surface area contributed by atoms with Crippen molar-refractivity contribution in [3.63, 3.8) is 0 Å². The fourth-order valence-electron chi connectivity index (χ4n) is 3.85. The summed E-state index contributed by atoms with van der Waals surface area (Å²) in [5.41, 5.74) is -0.0154. The standard InChI is InChI=1S/C17H18N2O6/c1-17(22)6-9-13(15(20)19-18-9)12(14(17)16(21)23-2)8-3-4-10-11(5-8)25-7-24-10/h3-5,12,14,22H,6-7H2,1-2H3,(H2,18,19,20)/t12-,14+,17+/m1/s1. The van der Waals surface area contributed by atoms with E-state index in [0.29, 0.717) is 28.3 Å². The molecular formula is C17H18N2O6. The number of nitrogens with one attached hydrogen (secondary N) is 2. The number of aromatic nitrogens is 2. The molecule has 25 heavy (non-hydrogen) atoms. The van der Waals surface area contributed by atoms with Gasteiger partial charge in [-0.2, -0.15) is 0 Å². The maximum absolute atomic E-state index is 12.5. The van der Waals surface area contributed by atoms with Crippen LogP contribution in [0.1, 0.15) is 29.7 Å². The van der Waals surface area contributed by atoms with Crippen molar-refractivity contribution in [3.8, 4) is 11.5 Å². The molecule has 0 spiro atoms. The van der Waals surface area contributed by atoms with E-state index in [4.69, 9.17) is 14.2 Å². The Kier molecular flexibility index (Phi) is 3.40. The van der Waals surface area contributed by atoms with Gasteiger partial charge in [-0.05, 0) is 24.6 Å². The second kappa shape index (κ2) is 5.38. The minimum absolute atomic E-state index is 0.123. The van der Waals surface area contributed by atoms with E-state index in [9.17, 15) is 14.7 Å². The summed E-state index contributed by atoms with van der Waals surface area (Å²) in [6.07, 6.45) is 0.141. The van der Waals surface area contributed by atoms with Crippen molar-refractivity contribution in [2.24, 2.45) is 5.92 Å². The summed E-state index contributed by atoms with van der Waals surface area (Å²) in [5.74, 6) is -1.03. The van der Waals surface area contributed by atoms with Crippen molar-refractivity contribution in [1.29, 1.82) is 0 Å². The number of H-pyrrole nitrogens is 2. The Hall–Kier alpha value is -2.74. The molecule has 132 valence electrons. The number of esters is 1. The molecule has 1 aliphatic heterocycles. The number of hydrogen-bond donors (Lipinski definition) is 3. The summed E-state index contributed by atoms with van der Waals surface area (Å²) in [6, 6.07) is 5.24. The van der Waals surface area contributed by atoms with Crippen molar-refractivity contribution < 1.29 is 24.1 Å². The van der Waals surface area contributed by atoms with Gasteiger partial charge in [-0.1, -0.05) is 6.07 Å². The molecule has 0 saturated carbocycles. The Morgan fingerprint density at radius 1 is 1.32 bits per heavy atom. The second-order valence-corrected chi connectivity index (χ2v) is 6.60. The van der Waals surface area contributed by atoms with Crippen molar-refractivity contribution in [2.45, 2.75) is 24.9 Å². The molecule has 1 aromatic heterocycles. The first-order chi connectivity index (χ1) is 11.9. The van der Waals surface area contributed by atoms with Gasteiger partial charge >= 0.3 is 5.97 Å². The monoisotopic (exact) mass is 346 g/mol. The lowest BCUT2D eigenvalue weighted by Crippen LogP contribution is -2.49. The smallest absolute Gasteiger partial charge is 0.312 e. The molecule has 0 radical (unpaired) electrons. The summed E-state index contributed by atoms with van der Waals surface area (Å²) < 4.78 is 15.7. The van der Waals surface area contributed by atoms with E-state index in [0.717, 1.165) is 0 Å². The van der Waals surface area contributed by atoms with Crippen LogP contribution in [-0.4, -0.2) is 40.8 Å². The highest BCUT2D eigenvalue weighted by molar-refractivity contribution is 5.77. The molecule has 0 fully saturated rings. The third-order valence-electron chi connectivity index (χ3n) is 4.96. The quantitative estimate of drug-likeness (QED) is 0.689. The molecule has 1 aromatic carbocycles. The van der Waals surface area contributed by atoms with Gasteiger partial charge in [0.15, 0.2) is 11.5 Å². The maximum atomic E-state index is 12.5. The number of benzene rings is 1. The number of ether oxygens (including phenoxy) is 3. The molecule has 8 heteroatoms. The lowest BCUT2D eigenvalue weighted by molar-refractivity contribution is -0.156. The molecule has 0 unspecified atom stereocenters. The summed E-state index contributed by atoms with van der Waals surface area (Å²) in [7, 11) is 1.27. The molecule has 3 N–H and O–H groups in total. The first-order valence-corrected chi connectivity index (χ1v) is 7.91. The van der Waals surface area contributed by atoms with Gasteiger partial charge < -0.3 is 24.4 Å². The number of aromatic amines is 2. The predicted molar refractivity (Wildman–Crippen MR) is 85.7 cm³/mol. The highest BCUT2D eigenvalue weighted by atomic mass is 16.7. The Balaban J connectivity index is 1.93. The molecule has 0 amide bonds. The number of aliphatic hydroxyl groups is 1. The van der Waals surface area contributed by atoms with Crippen molar-refractivity contribution >= 4 is 5.97 Å². The topological polar surface area (TPSA) is 114 Å². The fourth-order valence-corrected chi connectivity index (χ4v) is 3.85. The lowest BCUT2D eigenvalue weighted by atomic mass is 9.66. The summed E-state index contributed by atoms with van der Waals surface area (Å²) in [6.45, 7) is 1.69. The van der Waals surface area contributed by atoms with Gasteiger partial charge in [-0.3, -0.25) is 14.7 Å². The van der Waals surface area contributed by atoms with Gasteiger partial charge in [-0.15, -0.1) is 0 Å². The van der Waals surface area contributed by atoms with Crippen LogP contribution in [0.25, 0.3) is 0 Å². The van der Waals surface area contributed by atoms with Crippen molar-refractivity contribution in [2.75, 3.05) is 13.9 Å². The third-order valence-corrected chi connectivity index (χ3v) is 4.96. The number of methoxy groups -OCH3 is 1. The van der Waals surface area contributed by atoms with Gasteiger partial charge in [-0.25, -0.2) is 0 Å². The Morgan fingerprint density at radius 3 is 2.84 bits per heavy atom. The van der Waals surface area contributed by atoms with Crippen LogP contribution in [0.3, 0.4) is 0 Å². The molecule has 3 atom stereocenters. The largest absolute Gasteiger partial charge is 0.469 e. The van der Waals surface area contributed by atoms with E-state index < -0.39 is 23.4 Å². The van der Waals surface area contributed by atoms with E-state index in [1.54, 1.807) is 25.1 Å². The molecular weight excluding hydrogens is 328 g/mol. The molecule has 2 heterocycles. The zero-order valence-electron chi connectivity index (χ0n) is 13.8. The Morgan fingerprint density at radius 2 is 2.08 bits per heavy atom. The lowest BCUT2D eigenvalue weighted by Gasteiger charge is -2.40. The van der Waals surface area contributed by atoms with Crippen molar-refractivity contribution in [3.05, 3.63) is 45.4 Å². The minimum atomic E-state index is -1.38. The molecule has 4 rings (SSSR count). The maximum Gasteiger partial charge on any atom is 0.312 e. The molecule has 2 aromatic rings. The van der Waals surface area contributed by atoms with E-state index in [1.165, 1.54) is 7.11 Å². The molecule has 1 aliphatic carbocycles. The third kappa shape index (κ3) is 2.32. The van der Waals surface area contributed by atoms with Crippen LogP contribution in [0.15, 0.2) is 23.0 Å². The van der Waals surface area contributed by atoms with Gasteiger partial charge in [0.1, 0.15) is 0 Å². The van der Waals surface area contributed by atoms with Crippen LogP contribution in [0, 0.1) is 5.92 Å². The van der Waals surface area contributed by atoms with Gasteiger partial charge in [0.25, 0.3) is 5.56 Å². The number of carbonyl (C=O) groups excluding carboxylic acids is 1. The van der Waals surface area contributed by atoms with Crippen LogP contribution in [0.2, 0.25) is 0 Å². The second-order valence-electron chi connectivity index (χ2n) is 6.60. The molecule has 2 aliphatic rings. The molecule has 8 nitrogen and oxygen atoms in total. The summed E-state index contributed by atoms with van der Waals surface area (Å²) in [5, 5.41) is 16.3. The summed E-state index contributed by atoms with van der Waals surface area (Å²) >= 11 is 0. The Labute approximate surface area is 142 Å². The van der Waals surface area contributed by atoms with Crippen LogP contribution < -0.4 is 15.0 Å². The minimum Gasteiger partial charge on any atom is -0.469 e. The van der Waals surface area contributed by atoms with Crippen molar-refractivity contribution in [1.82, 2.24) is 10.2 Å². The number of carbonyl (C=O) groups is 1. The van der Waals surface area contributed by atoms with Crippen LogP contribution in [0.4, 0.5) is 0 Å². The highest BCUT2D eigenvalue weighted by Crippen LogP contribution is 2.46. The normalized spacial score (nSPS) is 27.0. The van der Waals surface area contributed by atoms with E-state index in [2.05, 4.69) is 10.2 Å². The number of rotatable bonds is 2. The zero-order chi connectivity index (χ0) is 17.8. The average Bonchev–Trinajstić information content (AvgIpc) is 3.18. The Bertz CT molecular complexity index is 897. The number of fused-ring (bicyclic) bond motifs is 2. The SMILES string of the molecule is COC(=O)[C@@H]1[C@H](c2ccc3c(c2)OCO3)c2c([nH][nH]c2=O)C[C@]1(C)O. The van der Waals surface area contributed by atoms with E-state index in [-0.39, 0.29) is 18.8 Å². The van der Waals surface area contributed by atoms with Gasteiger partial charge in [0, 0.05) is 23.6 Å². The van der Waals surface area contributed by atoms with Crippen LogP contribution >= 0.6 is 0 Å². The van der Waals surface area contributed by atoms with Crippen LogP contribution in [-0.2, 0) is 16.0 Å². The predicted octanol–water partition coefficient (Wildman–Crippen LogP) is 0.660. The fraction of sp³-hybridized carbons (Fsp3) is 0.412. The van der Waals surface area contributed by atoms with Gasteiger partial charge in [0.2, 0.25) is 6.79 Å². The first kappa shape index (κ1) is 15.8.